The van der Waals surface area contributed by atoms with Crippen LogP contribution in [0, 0.1) is 5.21 Å². The van der Waals surface area contributed by atoms with Gasteiger partial charge < -0.3 is 9.94 Å². The average Bonchev–Trinajstić information content (AvgIpc) is 2.29. The number of hydrogen-bond acceptors (Lipinski definition) is 3. The summed E-state index contributed by atoms with van der Waals surface area (Å²) in [6.07, 6.45) is 3.93. The second-order valence-electron chi connectivity index (χ2n) is 4.99. The molecule has 0 aromatic rings. The Morgan fingerprint density at radius 2 is 2.19 bits per heavy atom. The van der Waals surface area contributed by atoms with Gasteiger partial charge in [-0.05, 0) is 33.6 Å². The summed E-state index contributed by atoms with van der Waals surface area (Å²) >= 11 is 0. The van der Waals surface area contributed by atoms with Crippen LogP contribution in [0.15, 0.2) is 0 Å². The van der Waals surface area contributed by atoms with Gasteiger partial charge in [-0.3, -0.25) is 5.32 Å². The van der Waals surface area contributed by atoms with Crippen molar-refractivity contribution in [2.45, 2.75) is 58.2 Å². The lowest BCUT2D eigenvalue weighted by atomic mass is 10.2. The molecule has 0 spiro atoms. The van der Waals surface area contributed by atoms with Crippen molar-refractivity contribution in [1.29, 1.82) is 0 Å². The third-order valence-electron chi connectivity index (χ3n) is 2.23. The van der Waals surface area contributed by atoms with Crippen LogP contribution in [0.2, 0.25) is 0 Å². The number of alkyl carbamates (subject to hydrolysis) is 1. The highest BCUT2D eigenvalue weighted by molar-refractivity contribution is 5.68. The summed E-state index contributed by atoms with van der Waals surface area (Å²) in [4.78, 5) is 11.5. The third-order valence-corrected chi connectivity index (χ3v) is 2.23. The molecular weight excluding hydrogens is 208 g/mol. The van der Waals surface area contributed by atoms with E-state index in [4.69, 9.17) is 4.74 Å². The molecule has 0 bridgehead atoms. The topological polar surface area (TPSA) is 64.4 Å². The van der Waals surface area contributed by atoms with E-state index >= 15 is 0 Å². The van der Waals surface area contributed by atoms with Gasteiger partial charge in [-0.1, -0.05) is 0 Å². The fourth-order valence-electron chi connectivity index (χ4n) is 1.53. The molecule has 0 aromatic heterocycles. The predicted molar refractivity (Wildman–Crippen MR) is 61.3 cm³/mol. The zero-order chi connectivity index (χ0) is 12.2. The molecule has 0 saturated heterocycles. The van der Waals surface area contributed by atoms with E-state index in [9.17, 15) is 10.0 Å². The maximum atomic E-state index is 11.5. The molecule has 0 radical (unpaired) electrons. The zero-order valence-electron chi connectivity index (χ0n) is 10.2. The number of carbonyl (C=O) groups is 1. The van der Waals surface area contributed by atoms with Crippen LogP contribution in [0.5, 0.6) is 0 Å². The Hall–Kier alpha value is -1.26. The maximum Gasteiger partial charge on any atom is 0.412 e. The summed E-state index contributed by atoms with van der Waals surface area (Å²) in [5.74, 6) is 0. The molecule has 5 nitrogen and oxygen atoms in total. The number of hydroxylamine groups is 1. The minimum absolute atomic E-state index is 0.489. The van der Waals surface area contributed by atoms with Gasteiger partial charge in [-0.2, -0.15) is 4.74 Å². The van der Waals surface area contributed by atoms with Gasteiger partial charge in [0.15, 0.2) is 6.21 Å². The van der Waals surface area contributed by atoms with Crippen molar-refractivity contribution >= 4 is 12.3 Å². The Kier molecular flexibility index (Phi) is 4.15. The Bertz CT molecular complexity index is 281. The molecule has 16 heavy (non-hydrogen) atoms. The quantitative estimate of drug-likeness (QED) is 0.551. The molecule has 0 saturated carbocycles. The molecule has 1 aliphatic heterocycles. The summed E-state index contributed by atoms with van der Waals surface area (Å²) in [6, 6.07) is 0. The largest absolute Gasteiger partial charge is 0.622 e. The smallest absolute Gasteiger partial charge is 0.412 e. The predicted octanol–water partition coefficient (Wildman–Crippen LogP) is 1.99. The first-order valence-corrected chi connectivity index (χ1v) is 5.67. The van der Waals surface area contributed by atoms with Crippen LogP contribution >= 0.6 is 0 Å². The molecular formula is C11H20N2O3. The molecule has 92 valence electrons. The molecule has 1 amide bonds. The van der Waals surface area contributed by atoms with Crippen molar-refractivity contribution in [3.63, 3.8) is 0 Å². The van der Waals surface area contributed by atoms with Gasteiger partial charge in [0.2, 0.25) is 6.17 Å². The summed E-state index contributed by atoms with van der Waals surface area (Å²) in [5, 5.41) is 14.1. The number of amides is 1. The van der Waals surface area contributed by atoms with E-state index in [1.807, 2.05) is 0 Å². The van der Waals surface area contributed by atoms with E-state index in [0.29, 0.717) is 6.42 Å². The molecule has 0 aromatic carbocycles. The lowest BCUT2D eigenvalue weighted by Crippen LogP contribution is -2.43. The first-order chi connectivity index (χ1) is 7.38. The van der Waals surface area contributed by atoms with Crippen molar-refractivity contribution in [3.05, 3.63) is 5.21 Å². The lowest BCUT2D eigenvalue weighted by molar-refractivity contribution is -0.502. The highest BCUT2D eigenvalue weighted by atomic mass is 16.6. The Morgan fingerprint density at radius 1 is 1.50 bits per heavy atom. The summed E-state index contributed by atoms with van der Waals surface area (Å²) in [6.45, 7) is 5.38. The molecule has 1 rings (SSSR count). The molecule has 1 aliphatic rings. The van der Waals surface area contributed by atoms with Gasteiger partial charge in [0.1, 0.15) is 5.60 Å². The Morgan fingerprint density at radius 3 is 2.81 bits per heavy atom. The highest BCUT2D eigenvalue weighted by Gasteiger charge is 2.24. The van der Waals surface area contributed by atoms with Crippen molar-refractivity contribution in [1.82, 2.24) is 5.32 Å². The van der Waals surface area contributed by atoms with Gasteiger partial charge in [-0.25, -0.2) is 4.79 Å². The SMILES string of the molecule is CC(C)(C)OC(=O)NC1CCCCC=[N+]1[O-]. The van der Waals surface area contributed by atoms with Crippen LogP contribution in [0.4, 0.5) is 4.79 Å². The molecule has 1 heterocycles. The van der Waals surface area contributed by atoms with Crippen molar-refractivity contribution < 1.29 is 14.3 Å². The monoisotopic (exact) mass is 228 g/mol. The van der Waals surface area contributed by atoms with Crippen LogP contribution < -0.4 is 5.32 Å². The third kappa shape index (κ3) is 4.51. The zero-order valence-corrected chi connectivity index (χ0v) is 10.2. The number of ether oxygens (including phenoxy) is 1. The number of hydrogen-bond donors (Lipinski definition) is 1. The molecule has 1 unspecified atom stereocenters. The Labute approximate surface area is 96.1 Å². The van der Waals surface area contributed by atoms with Crippen molar-refractivity contribution in [2.24, 2.45) is 0 Å². The first kappa shape index (κ1) is 12.8. The standard InChI is InChI=1S/C11H20N2O3/c1-11(2,3)16-10(14)12-9-7-5-4-6-8-13(9)15/h8-9H,4-7H2,1-3H3,(H,12,14). The van der Waals surface area contributed by atoms with Crippen LogP contribution in [-0.2, 0) is 4.74 Å². The maximum absolute atomic E-state index is 11.5. The van der Waals surface area contributed by atoms with E-state index in [1.54, 1.807) is 27.0 Å². The molecule has 0 fully saturated rings. The van der Waals surface area contributed by atoms with Crippen LogP contribution in [0.3, 0.4) is 0 Å². The number of rotatable bonds is 1. The van der Waals surface area contributed by atoms with Gasteiger partial charge in [0.25, 0.3) is 0 Å². The fourth-order valence-corrected chi connectivity index (χ4v) is 1.53. The van der Waals surface area contributed by atoms with Crippen LogP contribution in [0.25, 0.3) is 0 Å². The van der Waals surface area contributed by atoms with E-state index in [0.717, 1.165) is 24.0 Å². The van der Waals surface area contributed by atoms with Gasteiger partial charge in [-0.15, -0.1) is 0 Å². The van der Waals surface area contributed by atoms with E-state index in [-0.39, 0.29) is 0 Å². The van der Waals surface area contributed by atoms with Gasteiger partial charge in [0, 0.05) is 12.8 Å². The molecule has 1 N–H and O–H groups in total. The minimum Gasteiger partial charge on any atom is -0.622 e. The molecule has 0 aliphatic carbocycles. The summed E-state index contributed by atoms with van der Waals surface area (Å²) < 4.78 is 5.92. The first-order valence-electron chi connectivity index (χ1n) is 5.67. The second kappa shape index (κ2) is 5.18. The Balaban J connectivity index is 2.49. The van der Waals surface area contributed by atoms with Gasteiger partial charge >= 0.3 is 6.09 Å². The second-order valence-corrected chi connectivity index (χ2v) is 4.99. The normalized spacial score (nSPS) is 21.9. The molecule has 1 atom stereocenters. The van der Waals surface area contributed by atoms with Crippen LogP contribution in [0.1, 0.15) is 46.5 Å². The summed E-state index contributed by atoms with van der Waals surface area (Å²) in [5.41, 5.74) is -0.535. The highest BCUT2D eigenvalue weighted by Crippen LogP contribution is 2.10. The van der Waals surface area contributed by atoms with E-state index < -0.39 is 17.9 Å². The summed E-state index contributed by atoms with van der Waals surface area (Å²) in [7, 11) is 0. The fraction of sp³-hybridized carbons (Fsp3) is 0.818. The van der Waals surface area contributed by atoms with Crippen molar-refractivity contribution in [2.75, 3.05) is 0 Å². The number of carbonyl (C=O) groups excluding carboxylic acids is 1. The van der Waals surface area contributed by atoms with E-state index in [1.165, 1.54) is 0 Å². The minimum atomic E-state index is -0.535. The number of nitrogens with zero attached hydrogens (tertiary/aromatic N) is 1. The number of nitrogens with one attached hydrogen (secondary N) is 1. The van der Waals surface area contributed by atoms with Crippen molar-refractivity contribution in [3.8, 4) is 0 Å². The van der Waals surface area contributed by atoms with E-state index in [2.05, 4.69) is 5.32 Å². The molecule has 5 heteroatoms. The van der Waals surface area contributed by atoms with Gasteiger partial charge in [0.05, 0.1) is 0 Å². The lowest BCUT2D eigenvalue weighted by Gasteiger charge is -2.22. The van der Waals surface area contributed by atoms with Crippen LogP contribution in [-0.4, -0.2) is 28.8 Å². The average molecular weight is 228 g/mol.